The molecule has 1 saturated carbocycles. The predicted octanol–water partition coefficient (Wildman–Crippen LogP) is 2.30. The van der Waals surface area contributed by atoms with Gasteiger partial charge in [-0.05, 0) is 41.0 Å². The molecule has 2 aliphatic rings. The Kier molecular flexibility index (Phi) is 4.87. The van der Waals surface area contributed by atoms with Crippen molar-refractivity contribution in [2.75, 3.05) is 6.54 Å². The van der Waals surface area contributed by atoms with Gasteiger partial charge in [-0.25, -0.2) is 4.68 Å². The fraction of sp³-hybridized carbons (Fsp3) is 0.455. The van der Waals surface area contributed by atoms with Gasteiger partial charge in [0.1, 0.15) is 12.2 Å². The number of quaternary nitrogens is 1. The summed E-state index contributed by atoms with van der Waals surface area (Å²) < 4.78 is 2.12. The second kappa shape index (κ2) is 7.80. The molecule has 6 nitrogen and oxygen atoms in total. The molecule has 1 fully saturated rings. The summed E-state index contributed by atoms with van der Waals surface area (Å²) in [5, 5.41) is 13.1. The van der Waals surface area contributed by atoms with E-state index in [2.05, 4.69) is 56.6 Å². The predicted molar refractivity (Wildman–Crippen MR) is 106 cm³/mol. The van der Waals surface area contributed by atoms with Gasteiger partial charge in [0.2, 0.25) is 5.82 Å². The molecule has 2 aromatic heterocycles. The first-order chi connectivity index (χ1) is 13.9. The van der Waals surface area contributed by atoms with Crippen molar-refractivity contribution in [2.24, 2.45) is 0 Å². The standard InChI is InChI=1S/C22H26N6/c1-2-10-19(11-3-1)28-22(24-25-26-28)21(20-12-6-7-14-23-20)27-15-13-17-8-4-5-9-18(17)16-27/h4-9,12,14,19,21H,1-3,10-11,13,15-16H2/p+1/t21-/m0/s1. The third-order valence-corrected chi connectivity index (χ3v) is 6.34. The first-order valence-electron chi connectivity index (χ1n) is 10.5. The number of rotatable bonds is 4. The smallest absolute Gasteiger partial charge is 0.216 e. The van der Waals surface area contributed by atoms with Gasteiger partial charge in [0.25, 0.3) is 0 Å². The van der Waals surface area contributed by atoms with E-state index in [-0.39, 0.29) is 6.04 Å². The molecule has 1 unspecified atom stereocenters. The lowest BCUT2D eigenvalue weighted by atomic mass is 9.94. The molecule has 2 atom stereocenters. The van der Waals surface area contributed by atoms with Gasteiger partial charge in [-0.1, -0.05) is 49.6 Å². The highest BCUT2D eigenvalue weighted by atomic mass is 15.6. The van der Waals surface area contributed by atoms with Crippen LogP contribution in [0.15, 0.2) is 48.7 Å². The molecular weight excluding hydrogens is 348 g/mol. The Hall–Kier alpha value is -2.60. The summed E-state index contributed by atoms with van der Waals surface area (Å²) in [6.45, 7) is 2.05. The Labute approximate surface area is 165 Å². The molecule has 3 aromatic rings. The number of nitrogens with zero attached hydrogens (tertiary/aromatic N) is 5. The van der Waals surface area contributed by atoms with Crippen LogP contribution in [0.3, 0.4) is 0 Å². The van der Waals surface area contributed by atoms with E-state index < -0.39 is 0 Å². The van der Waals surface area contributed by atoms with E-state index in [0.29, 0.717) is 6.04 Å². The maximum absolute atomic E-state index is 4.72. The monoisotopic (exact) mass is 375 g/mol. The fourth-order valence-corrected chi connectivity index (χ4v) is 4.90. The Balaban J connectivity index is 1.53. The average molecular weight is 376 g/mol. The lowest BCUT2D eigenvalue weighted by molar-refractivity contribution is -0.942. The second-order valence-corrected chi connectivity index (χ2v) is 8.06. The maximum atomic E-state index is 4.72. The Morgan fingerprint density at radius 1 is 0.964 bits per heavy atom. The van der Waals surface area contributed by atoms with Gasteiger partial charge in [-0.15, -0.1) is 5.10 Å². The minimum atomic E-state index is 0.0616. The molecule has 1 aliphatic carbocycles. The van der Waals surface area contributed by atoms with Crippen LogP contribution in [0.1, 0.15) is 66.8 Å². The van der Waals surface area contributed by atoms with Gasteiger partial charge >= 0.3 is 0 Å². The molecular formula is C22H27N6+. The molecule has 6 heteroatoms. The van der Waals surface area contributed by atoms with Crippen molar-refractivity contribution in [3.8, 4) is 0 Å². The molecule has 1 N–H and O–H groups in total. The van der Waals surface area contributed by atoms with Crippen molar-refractivity contribution in [3.63, 3.8) is 0 Å². The summed E-state index contributed by atoms with van der Waals surface area (Å²) >= 11 is 0. The Morgan fingerprint density at radius 2 is 1.79 bits per heavy atom. The Morgan fingerprint density at radius 3 is 2.61 bits per heavy atom. The molecule has 0 radical (unpaired) electrons. The number of pyridine rings is 1. The average Bonchev–Trinajstić information content (AvgIpc) is 3.25. The van der Waals surface area contributed by atoms with Crippen LogP contribution in [0.25, 0.3) is 0 Å². The van der Waals surface area contributed by atoms with Crippen LogP contribution in [-0.2, 0) is 13.0 Å². The fourth-order valence-electron chi connectivity index (χ4n) is 4.90. The van der Waals surface area contributed by atoms with Gasteiger partial charge in [0.05, 0.1) is 12.6 Å². The molecule has 1 aromatic carbocycles. The third kappa shape index (κ3) is 3.33. The minimum absolute atomic E-state index is 0.0616. The maximum Gasteiger partial charge on any atom is 0.216 e. The molecule has 0 spiro atoms. The third-order valence-electron chi connectivity index (χ3n) is 6.34. The van der Waals surface area contributed by atoms with Gasteiger partial charge in [0, 0.05) is 18.2 Å². The van der Waals surface area contributed by atoms with Crippen LogP contribution in [0, 0.1) is 0 Å². The van der Waals surface area contributed by atoms with E-state index in [1.54, 1.807) is 0 Å². The first kappa shape index (κ1) is 17.5. The molecule has 144 valence electrons. The van der Waals surface area contributed by atoms with Gasteiger partial charge in [0.15, 0.2) is 6.04 Å². The highest BCUT2D eigenvalue weighted by Gasteiger charge is 2.36. The Bertz CT molecular complexity index is 916. The van der Waals surface area contributed by atoms with Crippen molar-refractivity contribution < 1.29 is 4.90 Å². The number of tetrazole rings is 1. The van der Waals surface area contributed by atoms with Crippen LogP contribution in [0.5, 0.6) is 0 Å². The van der Waals surface area contributed by atoms with Crippen LogP contribution in [-0.4, -0.2) is 31.7 Å². The number of hydrogen-bond acceptors (Lipinski definition) is 4. The topological polar surface area (TPSA) is 60.9 Å². The highest BCUT2D eigenvalue weighted by molar-refractivity contribution is 5.28. The van der Waals surface area contributed by atoms with Crippen molar-refractivity contribution in [2.45, 2.75) is 57.2 Å². The van der Waals surface area contributed by atoms with E-state index >= 15 is 0 Å². The lowest BCUT2D eigenvalue weighted by Crippen LogP contribution is -3.12. The summed E-state index contributed by atoms with van der Waals surface area (Å²) in [6, 6.07) is 15.5. The van der Waals surface area contributed by atoms with Crippen LogP contribution in [0.2, 0.25) is 0 Å². The van der Waals surface area contributed by atoms with Gasteiger partial charge in [-0.3, -0.25) is 4.98 Å². The van der Waals surface area contributed by atoms with Crippen molar-refractivity contribution >= 4 is 0 Å². The van der Waals surface area contributed by atoms with Crippen LogP contribution >= 0.6 is 0 Å². The van der Waals surface area contributed by atoms with Crippen LogP contribution < -0.4 is 4.90 Å². The summed E-state index contributed by atoms with van der Waals surface area (Å²) in [7, 11) is 0. The molecule has 3 heterocycles. The quantitative estimate of drug-likeness (QED) is 0.760. The number of benzene rings is 1. The molecule has 5 rings (SSSR count). The summed E-state index contributed by atoms with van der Waals surface area (Å²) in [4.78, 5) is 6.20. The summed E-state index contributed by atoms with van der Waals surface area (Å²) in [6.07, 6.45) is 9.17. The number of fused-ring (bicyclic) bond motifs is 1. The normalized spacial score (nSPS) is 21.2. The van der Waals surface area contributed by atoms with Crippen molar-refractivity contribution in [1.82, 2.24) is 25.2 Å². The van der Waals surface area contributed by atoms with Crippen LogP contribution in [0.4, 0.5) is 0 Å². The molecule has 28 heavy (non-hydrogen) atoms. The lowest BCUT2D eigenvalue weighted by Gasteiger charge is -2.32. The number of aromatic nitrogens is 5. The zero-order valence-electron chi connectivity index (χ0n) is 16.2. The van der Waals surface area contributed by atoms with Crippen molar-refractivity contribution in [3.05, 3.63) is 71.3 Å². The summed E-state index contributed by atoms with van der Waals surface area (Å²) in [5.74, 6) is 0.972. The van der Waals surface area contributed by atoms with Gasteiger partial charge < -0.3 is 4.90 Å². The first-order valence-corrected chi connectivity index (χ1v) is 10.5. The number of hydrogen-bond donors (Lipinski definition) is 1. The van der Waals surface area contributed by atoms with E-state index in [9.17, 15) is 0 Å². The van der Waals surface area contributed by atoms with Gasteiger partial charge in [-0.2, -0.15) is 0 Å². The van der Waals surface area contributed by atoms with E-state index in [0.717, 1.165) is 31.0 Å². The van der Waals surface area contributed by atoms with Crippen molar-refractivity contribution in [1.29, 1.82) is 0 Å². The largest absolute Gasteiger partial charge is 0.317 e. The zero-order chi connectivity index (χ0) is 18.8. The molecule has 0 saturated heterocycles. The zero-order valence-corrected chi connectivity index (χ0v) is 16.2. The molecule has 0 bridgehead atoms. The van der Waals surface area contributed by atoms with E-state index in [1.165, 1.54) is 48.1 Å². The summed E-state index contributed by atoms with van der Waals surface area (Å²) in [5.41, 5.74) is 3.96. The van der Waals surface area contributed by atoms with E-state index in [1.807, 2.05) is 12.3 Å². The second-order valence-electron chi connectivity index (χ2n) is 8.06. The highest BCUT2D eigenvalue weighted by Crippen LogP contribution is 2.30. The number of nitrogens with one attached hydrogen (secondary N) is 1. The van der Waals surface area contributed by atoms with E-state index in [4.69, 9.17) is 4.98 Å². The minimum Gasteiger partial charge on any atom is -0.317 e. The molecule has 1 aliphatic heterocycles. The SMILES string of the molecule is c1ccc([C@@H](c2nnnn2C2CCCCC2)[NH+]2CCc3ccccc3C2)nc1. The molecule has 0 amide bonds.